The molecule has 0 aliphatic carbocycles. The van der Waals surface area contributed by atoms with Crippen LogP contribution in [-0.2, 0) is 6.54 Å². The Morgan fingerprint density at radius 1 is 0.583 bits per heavy atom. The summed E-state index contributed by atoms with van der Waals surface area (Å²) in [5, 5.41) is 5.24. The van der Waals surface area contributed by atoms with Crippen LogP contribution in [0, 0.1) is 0 Å². The number of unbranched alkanes of at least 4 members (excludes halogenated alkanes) is 5. The van der Waals surface area contributed by atoms with Crippen LogP contribution in [0.5, 0.6) is 0 Å². The molecule has 0 atom stereocenters. The SMILES string of the molecule is C=Cn1c2ccccc2c2cc(-c3ccc4c(c3)c3ccccc3n4CCCCCCCC)ccc21. The number of aryl methyl sites for hydroxylation is 1. The molecule has 0 radical (unpaired) electrons. The highest BCUT2D eigenvalue weighted by atomic mass is 15.0. The van der Waals surface area contributed by atoms with Gasteiger partial charge in [0.05, 0.1) is 11.0 Å². The molecule has 2 heterocycles. The Morgan fingerprint density at radius 2 is 1.11 bits per heavy atom. The summed E-state index contributed by atoms with van der Waals surface area (Å²) in [6.45, 7) is 7.42. The summed E-state index contributed by atoms with van der Waals surface area (Å²) in [7, 11) is 0. The lowest BCUT2D eigenvalue weighted by molar-refractivity contribution is 0.571. The van der Waals surface area contributed by atoms with Crippen molar-refractivity contribution in [2.45, 2.75) is 52.0 Å². The van der Waals surface area contributed by atoms with Crippen LogP contribution in [0.2, 0.25) is 0 Å². The van der Waals surface area contributed by atoms with Crippen molar-refractivity contribution in [3.05, 3.63) is 91.5 Å². The van der Waals surface area contributed by atoms with Gasteiger partial charge in [-0.25, -0.2) is 0 Å². The van der Waals surface area contributed by atoms with Crippen molar-refractivity contribution >= 4 is 49.8 Å². The van der Waals surface area contributed by atoms with Gasteiger partial charge in [-0.2, -0.15) is 0 Å². The summed E-state index contributed by atoms with van der Waals surface area (Å²) >= 11 is 0. The van der Waals surface area contributed by atoms with Gasteiger partial charge in [-0.05, 0) is 53.9 Å². The summed E-state index contributed by atoms with van der Waals surface area (Å²) in [6, 6.07) is 31.3. The zero-order valence-electron chi connectivity index (χ0n) is 21.2. The maximum atomic E-state index is 4.05. The first-order valence-electron chi connectivity index (χ1n) is 13.5. The van der Waals surface area contributed by atoms with Crippen molar-refractivity contribution in [1.29, 1.82) is 0 Å². The van der Waals surface area contributed by atoms with Crippen LogP contribution >= 0.6 is 0 Å². The lowest BCUT2D eigenvalue weighted by atomic mass is 10.0. The first kappa shape index (κ1) is 22.7. The second-order valence-electron chi connectivity index (χ2n) is 9.97. The highest BCUT2D eigenvalue weighted by Gasteiger charge is 2.13. The summed E-state index contributed by atoms with van der Waals surface area (Å²) in [5.74, 6) is 0. The second-order valence-corrected chi connectivity index (χ2v) is 9.97. The van der Waals surface area contributed by atoms with E-state index in [2.05, 4.69) is 108 Å². The average Bonchev–Trinajstić information content (AvgIpc) is 3.42. The fourth-order valence-corrected chi connectivity index (χ4v) is 5.90. The minimum absolute atomic E-state index is 1.09. The van der Waals surface area contributed by atoms with Crippen molar-refractivity contribution in [3.63, 3.8) is 0 Å². The van der Waals surface area contributed by atoms with Gasteiger partial charge in [0.1, 0.15) is 0 Å². The minimum Gasteiger partial charge on any atom is -0.340 e. The molecule has 2 aromatic heterocycles. The summed E-state index contributed by atoms with van der Waals surface area (Å²) < 4.78 is 4.72. The van der Waals surface area contributed by atoms with E-state index in [-0.39, 0.29) is 0 Å². The number of aromatic nitrogens is 2. The third-order valence-corrected chi connectivity index (χ3v) is 7.73. The van der Waals surface area contributed by atoms with E-state index < -0.39 is 0 Å². The van der Waals surface area contributed by atoms with Crippen LogP contribution in [0.15, 0.2) is 91.5 Å². The van der Waals surface area contributed by atoms with Crippen molar-refractivity contribution in [1.82, 2.24) is 9.13 Å². The van der Waals surface area contributed by atoms with Crippen molar-refractivity contribution in [2.24, 2.45) is 0 Å². The molecule has 2 heteroatoms. The molecule has 4 aromatic carbocycles. The number of benzene rings is 4. The van der Waals surface area contributed by atoms with Crippen LogP contribution in [-0.4, -0.2) is 9.13 Å². The van der Waals surface area contributed by atoms with Crippen molar-refractivity contribution < 1.29 is 0 Å². The molecule has 0 spiro atoms. The van der Waals surface area contributed by atoms with Crippen LogP contribution in [0.3, 0.4) is 0 Å². The van der Waals surface area contributed by atoms with E-state index in [4.69, 9.17) is 0 Å². The number of hydrogen-bond acceptors (Lipinski definition) is 0. The van der Waals surface area contributed by atoms with E-state index >= 15 is 0 Å². The van der Waals surface area contributed by atoms with Crippen LogP contribution in [0.25, 0.3) is 60.9 Å². The molecule has 0 aliphatic rings. The van der Waals surface area contributed by atoms with Crippen molar-refractivity contribution in [3.8, 4) is 11.1 Å². The molecule has 6 aromatic rings. The number of fused-ring (bicyclic) bond motifs is 6. The van der Waals surface area contributed by atoms with E-state index in [0.717, 1.165) is 6.54 Å². The van der Waals surface area contributed by atoms with Gasteiger partial charge in [-0.3, -0.25) is 0 Å². The van der Waals surface area contributed by atoms with Crippen molar-refractivity contribution in [2.75, 3.05) is 0 Å². The highest BCUT2D eigenvalue weighted by Crippen LogP contribution is 2.36. The molecule has 0 fully saturated rings. The quantitative estimate of drug-likeness (QED) is 0.186. The fraction of sp³-hybridized carbons (Fsp3) is 0.235. The molecular weight excluding hydrogens is 436 g/mol. The minimum atomic E-state index is 1.09. The molecule has 0 unspecified atom stereocenters. The van der Waals surface area contributed by atoms with Gasteiger partial charge in [-0.1, -0.05) is 94.1 Å². The van der Waals surface area contributed by atoms with Gasteiger partial charge in [-0.15, -0.1) is 0 Å². The predicted octanol–water partition coefficient (Wildman–Crippen LogP) is 10.0. The highest BCUT2D eigenvalue weighted by molar-refractivity contribution is 6.12. The zero-order chi connectivity index (χ0) is 24.5. The molecule has 2 nitrogen and oxygen atoms in total. The molecule has 0 N–H and O–H groups in total. The van der Waals surface area contributed by atoms with E-state index in [1.54, 1.807) is 0 Å². The van der Waals surface area contributed by atoms with Crippen LogP contribution in [0.1, 0.15) is 45.4 Å². The monoisotopic (exact) mass is 470 g/mol. The third kappa shape index (κ3) is 3.82. The number of rotatable bonds is 9. The molecule has 6 rings (SSSR count). The van der Waals surface area contributed by atoms with E-state index in [9.17, 15) is 0 Å². The first-order chi connectivity index (χ1) is 17.8. The maximum absolute atomic E-state index is 4.05. The van der Waals surface area contributed by atoms with Gasteiger partial charge in [0.2, 0.25) is 0 Å². The van der Waals surface area contributed by atoms with E-state index in [0.29, 0.717) is 0 Å². The van der Waals surface area contributed by atoms with Gasteiger partial charge in [0, 0.05) is 45.3 Å². The van der Waals surface area contributed by atoms with Gasteiger partial charge < -0.3 is 9.13 Å². The molecule has 0 bridgehead atoms. The lowest BCUT2D eigenvalue weighted by Gasteiger charge is -2.08. The largest absolute Gasteiger partial charge is 0.340 e. The molecule has 0 amide bonds. The smallest absolute Gasteiger partial charge is 0.0535 e. The number of hydrogen-bond donors (Lipinski definition) is 0. The summed E-state index contributed by atoms with van der Waals surface area (Å²) in [4.78, 5) is 0. The third-order valence-electron chi connectivity index (χ3n) is 7.73. The Kier molecular flexibility index (Phi) is 6.11. The normalized spacial score (nSPS) is 11.8. The van der Waals surface area contributed by atoms with E-state index in [1.807, 2.05) is 6.20 Å². The second kappa shape index (κ2) is 9.70. The van der Waals surface area contributed by atoms with Gasteiger partial charge in [0.15, 0.2) is 0 Å². The summed E-state index contributed by atoms with van der Waals surface area (Å²) in [5.41, 5.74) is 7.62. The molecular formula is C34H34N2. The molecule has 0 saturated carbocycles. The average molecular weight is 471 g/mol. The maximum Gasteiger partial charge on any atom is 0.0535 e. The van der Waals surface area contributed by atoms with Gasteiger partial charge in [0.25, 0.3) is 0 Å². The molecule has 0 saturated heterocycles. The Bertz CT molecular complexity index is 1700. The Hall–Kier alpha value is -3.78. The van der Waals surface area contributed by atoms with E-state index in [1.165, 1.54) is 93.3 Å². The Balaban J connectivity index is 1.41. The Labute approximate surface area is 213 Å². The van der Waals surface area contributed by atoms with Gasteiger partial charge >= 0.3 is 0 Å². The molecule has 0 aliphatic heterocycles. The predicted molar refractivity (Wildman–Crippen MR) is 158 cm³/mol. The lowest BCUT2D eigenvalue weighted by Crippen LogP contribution is -1.97. The zero-order valence-corrected chi connectivity index (χ0v) is 21.2. The molecule has 36 heavy (non-hydrogen) atoms. The topological polar surface area (TPSA) is 9.86 Å². The summed E-state index contributed by atoms with van der Waals surface area (Å²) in [6.07, 6.45) is 9.84. The fourth-order valence-electron chi connectivity index (χ4n) is 5.90. The first-order valence-corrected chi connectivity index (χ1v) is 13.5. The Morgan fingerprint density at radius 3 is 1.83 bits per heavy atom. The molecule has 180 valence electrons. The standard InChI is InChI=1S/C34H34N2/c1-3-5-6-7-8-13-22-36-32-17-12-10-15-28(32)30-24-26(19-21-34(30)36)25-18-20-33-29(23-25)27-14-9-11-16-31(27)35(33)4-2/h4,9-12,14-21,23-24H,2-3,5-8,13,22H2,1H3. The number of para-hydroxylation sites is 2. The van der Waals surface area contributed by atoms with Crippen LogP contribution in [0.4, 0.5) is 0 Å². The number of nitrogens with zero attached hydrogens (tertiary/aromatic N) is 2. The van der Waals surface area contributed by atoms with Crippen LogP contribution < -0.4 is 0 Å².